The fourth-order valence-electron chi connectivity index (χ4n) is 2.93. The number of aryl methyl sites for hydroxylation is 3. The van der Waals surface area contributed by atoms with Crippen LogP contribution in [0.15, 0.2) is 42.5 Å². The summed E-state index contributed by atoms with van der Waals surface area (Å²) in [6.45, 7) is 6.90. The molecule has 2 aromatic carbocycles. The van der Waals surface area contributed by atoms with Gasteiger partial charge in [-0.15, -0.1) is 5.10 Å². The molecule has 4 nitrogen and oxygen atoms in total. The fraction of sp³-hybridized carbons (Fsp3) is 0.222. The molecule has 0 bridgehead atoms. The molecular formula is C18H20N4. The maximum Gasteiger partial charge on any atom is 0.150 e. The van der Waals surface area contributed by atoms with E-state index in [1.54, 1.807) is 4.68 Å². The molecule has 0 amide bonds. The first-order valence-corrected chi connectivity index (χ1v) is 7.37. The molecule has 22 heavy (non-hydrogen) atoms. The zero-order valence-electron chi connectivity index (χ0n) is 13.2. The van der Waals surface area contributed by atoms with Crippen molar-refractivity contribution in [3.8, 4) is 11.3 Å². The minimum absolute atomic E-state index is 0.610. The lowest BCUT2D eigenvalue weighted by molar-refractivity contribution is 0.658. The van der Waals surface area contributed by atoms with Crippen LogP contribution in [0.4, 0.5) is 5.82 Å². The zero-order valence-corrected chi connectivity index (χ0v) is 13.2. The highest BCUT2D eigenvalue weighted by atomic mass is 15.4. The van der Waals surface area contributed by atoms with Gasteiger partial charge in [0, 0.05) is 5.56 Å². The Labute approximate surface area is 130 Å². The molecule has 3 rings (SSSR count). The molecule has 1 aromatic heterocycles. The minimum atomic E-state index is 0.610. The van der Waals surface area contributed by atoms with Gasteiger partial charge in [0.2, 0.25) is 0 Å². The summed E-state index contributed by atoms with van der Waals surface area (Å²) in [5.41, 5.74) is 12.9. The fourth-order valence-corrected chi connectivity index (χ4v) is 2.93. The van der Waals surface area contributed by atoms with Gasteiger partial charge in [0.15, 0.2) is 5.82 Å². The van der Waals surface area contributed by atoms with Crippen molar-refractivity contribution in [3.63, 3.8) is 0 Å². The maximum absolute atomic E-state index is 6.30. The summed E-state index contributed by atoms with van der Waals surface area (Å²) in [5.74, 6) is 0.610. The topological polar surface area (TPSA) is 56.7 Å². The molecule has 0 aliphatic heterocycles. The summed E-state index contributed by atoms with van der Waals surface area (Å²) in [5, 5.41) is 8.56. The number of nitrogen functional groups attached to an aromatic ring is 1. The number of nitrogens with zero attached hydrogens (tertiary/aromatic N) is 3. The first-order valence-electron chi connectivity index (χ1n) is 7.37. The van der Waals surface area contributed by atoms with Gasteiger partial charge in [-0.25, -0.2) is 4.68 Å². The molecule has 2 N–H and O–H groups in total. The molecule has 0 saturated heterocycles. The lowest BCUT2D eigenvalue weighted by Crippen LogP contribution is -2.06. The zero-order chi connectivity index (χ0) is 15.7. The largest absolute Gasteiger partial charge is 0.382 e. The number of aromatic nitrogens is 3. The van der Waals surface area contributed by atoms with E-state index < -0.39 is 0 Å². The Hall–Kier alpha value is -2.62. The smallest absolute Gasteiger partial charge is 0.150 e. The van der Waals surface area contributed by atoms with E-state index in [0.29, 0.717) is 12.4 Å². The molecule has 0 saturated carbocycles. The van der Waals surface area contributed by atoms with Gasteiger partial charge in [-0.3, -0.25) is 0 Å². The number of rotatable bonds is 3. The van der Waals surface area contributed by atoms with E-state index in [1.807, 2.05) is 18.2 Å². The van der Waals surface area contributed by atoms with E-state index in [1.165, 1.54) is 16.7 Å². The highest BCUT2D eigenvalue weighted by Crippen LogP contribution is 2.30. The Balaban J connectivity index is 2.01. The van der Waals surface area contributed by atoms with Gasteiger partial charge in [0.1, 0.15) is 5.69 Å². The van der Waals surface area contributed by atoms with E-state index in [9.17, 15) is 0 Å². The lowest BCUT2D eigenvalue weighted by Gasteiger charge is -2.10. The summed E-state index contributed by atoms with van der Waals surface area (Å²) in [7, 11) is 0. The Morgan fingerprint density at radius 3 is 2.27 bits per heavy atom. The second-order valence-electron chi connectivity index (χ2n) is 5.74. The normalized spacial score (nSPS) is 10.9. The van der Waals surface area contributed by atoms with Crippen molar-refractivity contribution in [2.75, 3.05) is 5.73 Å². The minimum Gasteiger partial charge on any atom is -0.382 e. The van der Waals surface area contributed by atoms with Crippen molar-refractivity contribution in [1.82, 2.24) is 15.0 Å². The average molecular weight is 292 g/mol. The van der Waals surface area contributed by atoms with Crippen LogP contribution < -0.4 is 5.73 Å². The quantitative estimate of drug-likeness (QED) is 0.803. The molecule has 3 aromatic rings. The number of nitrogens with two attached hydrogens (primary N) is 1. The number of hydrogen-bond donors (Lipinski definition) is 1. The van der Waals surface area contributed by atoms with Gasteiger partial charge < -0.3 is 5.73 Å². The van der Waals surface area contributed by atoms with Gasteiger partial charge in [-0.1, -0.05) is 53.2 Å². The first kappa shape index (κ1) is 14.3. The van der Waals surface area contributed by atoms with Crippen LogP contribution in [0.5, 0.6) is 0 Å². The van der Waals surface area contributed by atoms with Crippen molar-refractivity contribution in [1.29, 1.82) is 0 Å². The predicted molar refractivity (Wildman–Crippen MR) is 89.6 cm³/mol. The van der Waals surface area contributed by atoms with Gasteiger partial charge in [-0.2, -0.15) is 0 Å². The second kappa shape index (κ2) is 5.64. The molecule has 0 unspecified atom stereocenters. The highest BCUT2D eigenvalue weighted by Gasteiger charge is 2.16. The van der Waals surface area contributed by atoms with Crippen LogP contribution in [0.3, 0.4) is 0 Å². The van der Waals surface area contributed by atoms with Crippen LogP contribution in [0, 0.1) is 20.8 Å². The van der Waals surface area contributed by atoms with Crippen LogP contribution >= 0.6 is 0 Å². The van der Waals surface area contributed by atoms with Gasteiger partial charge >= 0.3 is 0 Å². The molecule has 0 radical (unpaired) electrons. The van der Waals surface area contributed by atoms with Gasteiger partial charge in [-0.05, 0) is 37.5 Å². The SMILES string of the molecule is Cc1cc(C)c(-c2nnn(Cc3ccccc3)c2N)c(C)c1. The third-order valence-electron chi connectivity index (χ3n) is 3.86. The van der Waals surface area contributed by atoms with Crippen LogP contribution in [0.2, 0.25) is 0 Å². The highest BCUT2D eigenvalue weighted by molar-refractivity contribution is 5.75. The Bertz CT molecular complexity index is 780. The third-order valence-corrected chi connectivity index (χ3v) is 3.86. The summed E-state index contributed by atoms with van der Waals surface area (Å²) in [6.07, 6.45) is 0. The van der Waals surface area contributed by atoms with E-state index in [4.69, 9.17) is 5.73 Å². The predicted octanol–water partition coefficient (Wildman–Crippen LogP) is 3.50. The summed E-state index contributed by atoms with van der Waals surface area (Å²) in [6, 6.07) is 14.4. The molecule has 0 aliphatic carbocycles. The second-order valence-corrected chi connectivity index (χ2v) is 5.74. The van der Waals surface area contributed by atoms with Crippen molar-refractivity contribution in [2.45, 2.75) is 27.3 Å². The summed E-state index contributed by atoms with van der Waals surface area (Å²) in [4.78, 5) is 0. The van der Waals surface area contributed by atoms with E-state index in [0.717, 1.165) is 16.8 Å². The van der Waals surface area contributed by atoms with E-state index in [-0.39, 0.29) is 0 Å². The van der Waals surface area contributed by atoms with Gasteiger partial charge in [0.25, 0.3) is 0 Å². The molecular weight excluding hydrogens is 272 g/mol. The van der Waals surface area contributed by atoms with Crippen molar-refractivity contribution >= 4 is 5.82 Å². The lowest BCUT2D eigenvalue weighted by atomic mass is 9.97. The molecule has 1 heterocycles. The average Bonchev–Trinajstić information content (AvgIpc) is 2.81. The van der Waals surface area contributed by atoms with Crippen molar-refractivity contribution in [3.05, 3.63) is 64.7 Å². The standard InChI is InChI=1S/C18H20N4/c1-12-9-13(2)16(14(3)10-12)17-18(19)22(21-20-17)11-15-7-5-4-6-8-15/h4-10H,11,19H2,1-3H3. The van der Waals surface area contributed by atoms with E-state index in [2.05, 4.69) is 55.3 Å². The van der Waals surface area contributed by atoms with Crippen molar-refractivity contribution in [2.24, 2.45) is 0 Å². The maximum atomic E-state index is 6.30. The number of benzene rings is 2. The van der Waals surface area contributed by atoms with Gasteiger partial charge in [0.05, 0.1) is 6.54 Å². The van der Waals surface area contributed by atoms with Crippen LogP contribution in [-0.2, 0) is 6.54 Å². The molecule has 0 atom stereocenters. The molecule has 0 aliphatic rings. The Kier molecular flexibility index (Phi) is 3.67. The molecule has 4 heteroatoms. The van der Waals surface area contributed by atoms with Crippen molar-refractivity contribution < 1.29 is 0 Å². The molecule has 0 spiro atoms. The van der Waals surface area contributed by atoms with E-state index >= 15 is 0 Å². The molecule has 112 valence electrons. The monoisotopic (exact) mass is 292 g/mol. The number of hydrogen-bond acceptors (Lipinski definition) is 3. The Morgan fingerprint density at radius 2 is 1.64 bits per heavy atom. The summed E-state index contributed by atoms with van der Waals surface area (Å²) >= 11 is 0. The first-order chi connectivity index (χ1) is 10.6. The van der Waals surface area contributed by atoms with Crippen LogP contribution in [0.1, 0.15) is 22.3 Å². The van der Waals surface area contributed by atoms with Crippen LogP contribution in [-0.4, -0.2) is 15.0 Å². The molecule has 0 fully saturated rings. The summed E-state index contributed by atoms with van der Waals surface area (Å²) < 4.78 is 1.75. The Morgan fingerprint density at radius 1 is 1.00 bits per heavy atom. The number of anilines is 1. The third kappa shape index (κ3) is 2.60. The van der Waals surface area contributed by atoms with Crippen LogP contribution in [0.25, 0.3) is 11.3 Å².